The molecule has 0 aromatic carbocycles. The molecule has 0 fully saturated rings. The zero-order valence-corrected chi connectivity index (χ0v) is 23.2. The van der Waals surface area contributed by atoms with Gasteiger partial charge < -0.3 is 10.6 Å². The normalized spacial score (nSPS) is 11.9. The monoisotopic (exact) mass is 527 g/mol. The maximum Gasteiger partial charge on any atom is 0.253 e. The fourth-order valence-corrected chi connectivity index (χ4v) is 3.45. The SMILES string of the molecule is CC/C=C\C/C=C\C/C=C\C/C=C\C/C=C\CCCC(=O)Nc1nc(C)ncc1CNC(=O)c1cccnc1. The van der Waals surface area contributed by atoms with Crippen molar-refractivity contribution in [2.45, 2.75) is 71.8 Å². The van der Waals surface area contributed by atoms with Crippen molar-refractivity contribution < 1.29 is 9.59 Å². The number of aryl methyl sites for hydroxylation is 1. The van der Waals surface area contributed by atoms with E-state index in [1.165, 1.54) is 6.20 Å². The Hall–Kier alpha value is -4.13. The molecular formula is C32H41N5O2. The van der Waals surface area contributed by atoms with Gasteiger partial charge in [0.05, 0.1) is 5.56 Å². The lowest BCUT2D eigenvalue weighted by Crippen LogP contribution is -2.24. The Balaban J connectivity index is 1.63. The summed E-state index contributed by atoms with van der Waals surface area (Å²) < 4.78 is 0. The summed E-state index contributed by atoms with van der Waals surface area (Å²) in [7, 11) is 0. The van der Waals surface area contributed by atoms with Crippen LogP contribution in [0.3, 0.4) is 0 Å². The van der Waals surface area contributed by atoms with Gasteiger partial charge in [-0.1, -0.05) is 67.7 Å². The van der Waals surface area contributed by atoms with Gasteiger partial charge in [0, 0.05) is 37.1 Å². The molecule has 206 valence electrons. The van der Waals surface area contributed by atoms with Gasteiger partial charge in [-0.05, 0) is 64.0 Å². The summed E-state index contributed by atoms with van der Waals surface area (Å²) in [5.74, 6) is 0.610. The Kier molecular flexibility index (Phi) is 15.9. The minimum Gasteiger partial charge on any atom is -0.348 e. The zero-order chi connectivity index (χ0) is 28.0. The number of amides is 2. The van der Waals surface area contributed by atoms with Crippen LogP contribution >= 0.6 is 0 Å². The molecule has 0 aliphatic carbocycles. The second kappa shape index (κ2) is 19.9. The molecule has 0 saturated heterocycles. The number of nitrogens with zero attached hydrogens (tertiary/aromatic N) is 3. The van der Waals surface area contributed by atoms with Gasteiger partial charge in [0.25, 0.3) is 5.91 Å². The molecule has 2 aromatic heterocycles. The van der Waals surface area contributed by atoms with Gasteiger partial charge in [-0.3, -0.25) is 14.6 Å². The minimum atomic E-state index is -0.252. The van der Waals surface area contributed by atoms with Crippen LogP contribution in [-0.4, -0.2) is 26.8 Å². The highest BCUT2D eigenvalue weighted by Crippen LogP contribution is 2.13. The van der Waals surface area contributed by atoms with Crippen molar-refractivity contribution >= 4 is 17.6 Å². The summed E-state index contributed by atoms with van der Waals surface area (Å²) >= 11 is 0. The van der Waals surface area contributed by atoms with Crippen LogP contribution in [0, 0.1) is 6.92 Å². The Labute approximate surface area is 233 Å². The van der Waals surface area contributed by atoms with Crippen LogP contribution in [-0.2, 0) is 11.3 Å². The molecule has 0 atom stereocenters. The molecule has 0 bridgehead atoms. The molecule has 2 N–H and O–H groups in total. The highest BCUT2D eigenvalue weighted by molar-refractivity contribution is 5.94. The lowest BCUT2D eigenvalue weighted by Gasteiger charge is -2.11. The number of pyridine rings is 1. The largest absolute Gasteiger partial charge is 0.348 e. The van der Waals surface area contributed by atoms with E-state index in [2.05, 4.69) is 93.3 Å². The average molecular weight is 528 g/mol. The first-order chi connectivity index (χ1) is 19.1. The van der Waals surface area contributed by atoms with Crippen molar-refractivity contribution in [3.05, 3.63) is 108 Å². The number of carbonyl (C=O) groups is 2. The van der Waals surface area contributed by atoms with Crippen LogP contribution < -0.4 is 10.6 Å². The number of allylic oxidation sites excluding steroid dienone is 10. The molecule has 2 rings (SSSR count). The molecule has 0 unspecified atom stereocenters. The van der Waals surface area contributed by atoms with Gasteiger partial charge in [0.15, 0.2) is 0 Å². The fourth-order valence-electron chi connectivity index (χ4n) is 3.45. The number of hydrogen-bond donors (Lipinski definition) is 2. The average Bonchev–Trinajstić information content (AvgIpc) is 2.94. The van der Waals surface area contributed by atoms with E-state index in [-0.39, 0.29) is 18.4 Å². The molecule has 0 saturated carbocycles. The van der Waals surface area contributed by atoms with E-state index in [4.69, 9.17) is 0 Å². The zero-order valence-electron chi connectivity index (χ0n) is 23.2. The minimum absolute atomic E-state index is 0.111. The number of aromatic nitrogens is 3. The Morgan fingerprint density at radius 1 is 0.872 bits per heavy atom. The lowest BCUT2D eigenvalue weighted by atomic mass is 10.2. The van der Waals surface area contributed by atoms with E-state index in [1.807, 2.05) is 0 Å². The van der Waals surface area contributed by atoms with Gasteiger partial charge >= 0.3 is 0 Å². The summed E-state index contributed by atoms with van der Waals surface area (Å²) in [6.07, 6.45) is 33.3. The van der Waals surface area contributed by atoms with Crippen LogP contribution in [0.2, 0.25) is 0 Å². The quantitative estimate of drug-likeness (QED) is 0.171. The summed E-state index contributed by atoms with van der Waals surface area (Å²) in [5.41, 5.74) is 1.11. The van der Waals surface area contributed by atoms with Crippen molar-refractivity contribution in [3.8, 4) is 0 Å². The number of carbonyl (C=O) groups excluding carboxylic acids is 2. The maximum atomic E-state index is 12.5. The molecule has 7 heteroatoms. The summed E-state index contributed by atoms with van der Waals surface area (Å²) in [4.78, 5) is 37.3. The standard InChI is InChI=1S/C32H41N5O2/c1-3-4-5-6-7-8-9-10-11-12-13-14-15-16-17-18-19-22-30(38)37-31-29(25-34-27(2)36-31)26-35-32(39)28-21-20-23-33-24-28/h4-5,7-8,10-11,13-14,16-17,20-21,23-25H,3,6,9,12,15,18-19,22,26H2,1-2H3,(H,35,39)(H,34,36,37,38)/b5-4-,8-7-,11-10-,14-13-,17-16-. The number of anilines is 1. The number of rotatable bonds is 17. The highest BCUT2D eigenvalue weighted by atomic mass is 16.2. The molecule has 7 nitrogen and oxygen atoms in total. The van der Waals surface area contributed by atoms with Crippen molar-refractivity contribution in [2.75, 3.05) is 5.32 Å². The van der Waals surface area contributed by atoms with Gasteiger partial charge in [0.1, 0.15) is 11.6 Å². The van der Waals surface area contributed by atoms with Crippen LogP contribution in [0.15, 0.2) is 91.5 Å². The van der Waals surface area contributed by atoms with Gasteiger partial charge in [-0.15, -0.1) is 0 Å². The van der Waals surface area contributed by atoms with Crippen LogP contribution in [0.25, 0.3) is 0 Å². The third-order valence-corrected chi connectivity index (χ3v) is 5.54. The Bertz CT molecular complexity index is 1150. The van der Waals surface area contributed by atoms with Crippen LogP contribution in [0.1, 0.15) is 80.0 Å². The fraction of sp³-hybridized carbons (Fsp3) is 0.344. The summed E-state index contributed by atoms with van der Waals surface area (Å²) in [6, 6.07) is 3.39. The smallest absolute Gasteiger partial charge is 0.253 e. The summed E-state index contributed by atoms with van der Waals surface area (Å²) in [5, 5.41) is 5.69. The van der Waals surface area contributed by atoms with E-state index in [0.29, 0.717) is 29.2 Å². The number of nitrogens with one attached hydrogen (secondary N) is 2. The number of hydrogen-bond acceptors (Lipinski definition) is 5. The van der Waals surface area contributed by atoms with E-state index in [0.717, 1.165) is 44.9 Å². The van der Waals surface area contributed by atoms with Crippen LogP contribution in [0.4, 0.5) is 5.82 Å². The van der Waals surface area contributed by atoms with Crippen molar-refractivity contribution in [1.82, 2.24) is 20.3 Å². The number of unbranched alkanes of at least 4 members (excludes halogenated alkanes) is 1. The predicted molar refractivity (Wildman–Crippen MR) is 159 cm³/mol. The molecular weight excluding hydrogens is 486 g/mol. The highest BCUT2D eigenvalue weighted by Gasteiger charge is 2.12. The van der Waals surface area contributed by atoms with E-state index < -0.39 is 0 Å². The van der Waals surface area contributed by atoms with Crippen molar-refractivity contribution in [2.24, 2.45) is 0 Å². The Morgan fingerprint density at radius 2 is 1.51 bits per heavy atom. The maximum absolute atomic E-state index is 12.5. The molecule has 2 amide bonds. The van der Waals surface area contributed by atoms with Gasteiger partial charge in [-0.25, -0.2) is 9.97 Å². The molecule has 0 spiro atoms. The third-order valence-electron chi connectivity index (χ3n) is 5.54. The molecule has 0 aliphatic heterocycles. The van der Waals surface area contributed by atoms with Gasteiger partial charge in [-0.2, -0.15) is 0 Å². The van der Waals surface area contributed by atoms with Crippen molar-refractivity contribution in [3.63, 3.8) is 0 Å². The second-order valence-corrected chi connectivity index (χ2v) is 8.86. The molecule has 2 aromatic rings. The topological polar surface area (TPSA) is 96.9 Å². The first kappa shape index (κ1) is 31.1. The second-order valence-electron chi connectivity index (χ2n) is 8.86. The van der Waals surface area contributed by atoms with E-state index >= 15 is 0 Å². The first-order valence-corrected chi connectivity index (χ1v) is 13.7. The first-order valence-electron chi connectivity index (χ1n) is 13.7. The molecule has 0 radical (unpaired) electrons. The lowest BCUT2D eigenvalue weighted by molar-refractivity contribution is -0.116. The Morgan fingerprint density at radius 3 is 2.13 bits per heavy atom. The molecule has 2 heterocycles. The third kappa shape index (κ3) is 14.4. The summed E-state index contributed by atoms with van der Waals surface area (Å²) in [6.45, 7) is 4.10. The van der Waals surface area contributed by atoms with Gasteiger partial charge in [0.2, 0.25) is 5.91 Å². The van der Waals surface area contributed by atoms with E-state index in [9.17, 15) is 9.59 Å². The van der Waals surface area contributed by atoms with Crippen molar-refractivity contribution in [1.29, 1.82) is 0 Å². The predicted octanol–water partition coefficient (Wildman–Crippen LogP) is 6.97. The molecule has 0 aliphatic rings. The molecule has 39 heavy (non-hydrogen) atoms. The van der Waals surface area contributed by atoms with E-state index in [1.54, 1.807) is 31.5 Å². The van der Waals surface area contributed by atoms with Crippen LogP contribution in [0.5, 0.6) is 0 Å².